The average molecular weight is 499 g/mol. The van der Waals surface area contributed by atoms with Crippen LogP contribution in [0.4, 0.5) is 0 Å². The number of nitrogens with one attached hydrogen (secondary N) is 1. The van der Waals surface area contributed by atoms with Crippen molar-refractivity contribution in [1.82, 2.24) is 14.9 Å². The molecule has 7 heteroatoms. The average Bonchev–Trinajstić information content (AvgIpc) is 3.13. The molecule has 0 spiro atoms. The molecule has 0 aliphatic heterocycles. The number of carbonyl (C=O) groups is 1. The van der Waals surface area contributed by atoms with Crippen molar-refractivity contribution >= 4 is 44.5 Å². The SMILES string of the molecule is CC(NC(=O)COc1ccc(Cl)cc1)c1nc2ccccc2n1Cc1ccc(Br)cc1. The van der Waals surface area contributed by atoms with Crippen LogP contribution in [0.15, 0.2) is 77.3 Å². The fourth-order valence-electron chi connectivity index (χ4n) is 3.39. The summed E-state index contributed by atoms with van der Waals surface area (Å²) in [6, 6.07) is 22.8. The summed E-state index contributed by atoms with van der Waals surface area (Å²) in [5.74, 6) is 1.17. The number of imidazole rings is 1. The van der Waals surface area contributed by atoms with Gasteiger partial charge in [0.15, 0.2) is 6.61 Å². The summed E-state index contributed by atoms with van der Waals surface area (Å²) < 4.78 is 8.73. The molecule has 5 nitrogen and oxygen atoms in total. The van der Waals surface area contributed by atoms with E-state index in [0.717, 1.165) is 26.9 Å². The van der Waals surface area contributed by atoms with Crippen LogP contribution in [0.1, 0.15) is 24.4 Å². The molecule has 0 saturated carbocycles. The Balaban J connectivity index is 1.51. The number of nitrogens with zero attached hydrogens (tertiary/aromatic N) is 2. The Morgan fingerprint density at radius 1 is 1.10 bits per heavy atom. The molecule has 1 aromatic heterocycles. The van der Waals surface area contributed by atoms with E-state index in [2.05, 4.69) is 37.9 Å². The van der Waals surface area contributed by atoms with E-state index in [-0.39, 0.29) is 18.6 Å². The molecule has 1 unspecified atom stereocenters. The zero-order valence-electron chi connectivity index (χ0n) is 16.9. The highest BCUT2D eigenvalue weighted by molar-refractivity contribution is 9.10. The Kier molecular flexibility index (Phi) is 6.59. The molecule has 3 aromatic carbocycles. The minimum absolute atomic E-state index is 0.0844. The number of ether oxygens (including phenoxy) is 1. The largest absolute Gasteiger partial charge is 0.484 e. The second-order valence-electron chi connectivity index (χ2n) is 7.20. The number of halogens is 2. The highest BCUT2D eigenvalue weighted by Gasteiger charge is 2.19. The van der Waals surface area contributed by atoms with E-state index in [1.165, 1.54) is 0 Å². The van der Waals surface area contributed by atoms with Gasteiger partial charge in [-0.05, 0) is 61.0 Å². The number of amides is 1. The quantitative estimate of drug-likeness (QED) is 0.353. The maximum absolute atomic E-state index is 12.5. The number of rotatable bonds is 7. The highest BCUT2D eigenvalue weighted by Crippen LogP contribution is 2.23. The molecule has 0 bridgehead atoms. The molecular formula is C24H21BrClN3O2. The molecule has 31 heavy (non-hydrogen) atoms. The van der Waals surface area contributed by atoms with Gasteiger partial charge in [-0.3, -0.25) is 4.79 Å². The van der Waals surface area contributed by atoms with Crippen molar-refractivity contribution in [3.05, 3.63) is 93.7 Å². The van der Waals surface area contributed by atoms with Gasteiger partial charge in [0.2, 0.25) is 0 Å². The standard InChI is InChI=1S/C24H21BrClN3O2/c1-16(27-23(30)15-31-20-12-10-19(26)11-13-20)24-28-21-4-2-3-5-22(21)29(24)14-17-6-8-18(25)9-7-17/h2-13,16H,14-15H2,1H3,(H,27,30). The van der Waals surface area contributed by atoms with Gasteiger partial charge in [-0.1, -0.05) is 51.8 Å². The van der Waals surface area contributed by atoms with Crippen molar-refractivity contribution in [2.45, 2.75) is 19.5 Å². The van der Waals surface area contributed by atoms with Gasteiger partial charge in [0.1, 0.15) is 11.6 Å². The predicted molar refractivity (Wildman–Crippen MR) is 126 cm³/mol. The maximum Gasteiger partial charge on any atom is 0.258 e. The molecule has 4 rings (SSSR count). The predicted octanol–water partition coefficient (Wildman–Crippen LogP) is 5.76. The normalized spacial score (nSPS) is 12.0. The Morgan fingerprint density at radius 3 is 2.55 bits per heavy atom. The van der Waals surface area contributed by atoms with E-state index < -0.39 is 0 Å². The number of fused-ring (bicyclic) bond motifs is 1. The van der Waals surface area contributed by atoms with Crippen molar-refractivity contribution in [1.29, 1.82) is 0 Å². The molecule has 0 aliphatic rings. The Hall–Kier alpha value is -2.83. The Labute approximate surface area is 194 Å². The fraction of sp³-hybridized carbons (Fsp3) is 0.167. The van der Waals surface area contributed by atoms with Gasteiger partial charge in [-0.2, -0.15) is 0 Å². The van der Waals surface area contributed by atoms with Gasteiger partial charge < -0.3 is 14.6 Å². The highest BCUT2D eigenvalue weighted by atomic mass is 79.9. The van der Waals surface area contributed by atoms with Crippen LogP contribution in [-0.2, 0) is 11.3 Å². The smallest absolute Gasteiger partial charge is 0.258 e. The molecule has 4 aromatic rings. The summed E-state index contributed by atoms with van der Waals surface area (Å²) in [5, 5.41) is 3.61. The minimum atomic E-state index is -0.288. The summed E-state index contributed by atoms with van der Waals surface area (Å²) in [6.07, 6.45) is 0. The third kappa shape index (κ3) is 5.27. The summed E-state index contributed by atoms with van der Waals surface area (Å²) in [7, 11) is 0. The topological polar surface area (TPSA) is 56.1 Å². The number of aromatic nitrogens is 2. The summed E-state index contributed by atoms with van der Waals surface area (Å²) in [5.41, 5.74) is 3.07. The van der Waals surface area contributed by atoms with E-state index in [1.54, 1.807) is 24.3 Å². The Bertz CT molecular complexity index is 1190. The number of benzene rings is 3. The van der Waals surface area contributed by atoms with Crippen molar-refractivity contribution in [3.63, 3.8) is 0 Å². The second-order valence-corrected chi connectivity index (χ2v) is 8.56. The lowest BCUT2D eigenvalue weighted by Crippen LogP contribution is -2.32. The molecule has 0 saturated heterocycles. The molecule has 0 aliphatic carbocycles. The van der Waals surface area contributed by atoms with Crippen LogP contribution in [-0.4, -0.2) is 22.1 Å². The first kappa shape index (κ1) is 21.4. The van der Waals surface area contributed by atoms with Crippen LogP contribution < -0.4 is 10.1 Å². The first-order valence-corrected chi connectivity index (χ1v) is 11.0. The molecule has 158 valence electrons. The first-order valence-electron chi connectivity index (χ1n) is 9.87. The number of para-hydroxylation sites is 2. The van der Waals surface area contributed by atoms with Gasteiger partial charge in [0, 0.05) is 16.0 Å². The summed E-state index contributed by atoms with van der Waals surface area (Å²) in [6.45, 7) is 2.50. The lowest BCUT2D eigenvalue weighted by Gasteiger charge is -2.17. The van der Waals surface area contributed by atoms with Crippen LogP contribution in [0.3, 0.4) is 0 Å². The summed E-state index contributed by atoms with van der Waals surface area (Å²) in [4.78, 5) is 17.3. The molecule has 1 heterocycles. The van der Waals surface area contributed by atoms with Crippen LogP contribution in [0.25, 0.3) is 11.0 Å². The maximum atomic E-state index is 12.5. The first-order chi connectivity index (χ1) is 15.0. The van der Waals surface area contributed by atoms with Crippen LogP contribution >= 0.6 is 27.5 Å². The third-order valence-corrected chi connectivity index (χ3v) is 5.67. The Morgan fingerprint density at radius 2 is 1.81 bits per heavy atom. The molecule has 1 N–H and O–H groups in total. The number of hydrogen-bond donors (Lipinski definition) is 1. The second kappa shape index (κ2) is 9.54. The molecule has 0 fully saturated rings. The van der Waals surface area contributed by atoms with Gasteiger partial charge in [-0.15, -0.1) is 0 Å². The molecule has 1 amide bonds. The van der Waals surface area contributed by atoms with Crippen LogP contribution in [0.2, 0.25) is 5.02 Å². The third-order valence-electron chi connectivity index (χ3n) is 4.89. The van der Waals surface area contributed by atoms with Gasteiger partial charge in [0.25, 0.3) is 5.91 Å². The van der Waals surface area contributed by atoms with E-state index in [1.807, 2.05) is 43.3 Å². The van der Waals surface area contributed by atoms with Gasteiger partial charge in [-0.25, -0.2) is 4.98 Å². The van der Waals surface area contributed by atoms with E-state index >= 15 is 0 Å². The zero-order valence-corrected chi connectivity index (χ0v) is 19.2. The van der Waals surface area contributed by atoms with Gasteiger partial charge >= 0.3 is 0 Å². The lowest BCUT2D eigenvalue weighted by atomic mass is 10.2. The monoisotopic (exact) mass is 497 g/mol. The molecule has 1 atom stereocenters. The fourth-order valence-corrected chi connectivity index (χ4v) is 3.78. The molecular weight excluding hydrogens is 478 g/mol. The minimum Gasteiger partial charge on any atom is -0.484 e. The van der Waals surface area contributed by atoms with E-state index in [9.17, 15) is 4.79 Å². The van der Waals surface area contributed by atoms with E-state index in [4.69, 9.17) is 21.3 Å². The van der Waals surface area contributed by atoms with Crippen molar-refractivity contribution < 1.29 is 9.53 Å². The van der Waals surface area contributed by atoms with Crippen molar-refractivity contribution in [2.75, 3.05) is 6.61 Å². The summed E-state index contributed by atoms with van der Waals surface area (Å²) >= 11 is 9.36. The van der Waals surface area contributed by atoms with Crippen molar-refractivity contribution in [2.24, 2.45) is 0 Å². The van der Waals surface area contributed by atoms with Crippen molar-refractivity contribution in [3.8, 4) is 5.75 Å². The van der Waals surface area contributed by atoms with E-state index in [0.29, 0.717) is 17.3 Å². The molecule has 0 radical (unpaired) electrons. The number of carbonyl (C=O) groups excluding carboxylic acids is 1. The van der Waals surface area contributed by atoms with Crippen LogP contribution in [0.5, 0.6) is 5.75 Å². The lowest BCUT2D eigenvalue weighted by molar-refractivity contribution is -0.123. The zero-order chi connectivity index (χ0) is 21.8. The number of hydrogen-bond acceptors (Lipinski definition) is 3. The van der Waals surface area contributed by atoms with Crippen LogP contribution in [0, 0.1) is 0 Å². The van der Waals surface area contributed by atoms with Gasteiger partial charge in [0.05, 0.1) is 17.1 Å².